The lowest BCUT2D eigenvalue weighted by Crippen LogP contribution is -2.40. The van der Waals surface area contributed by atoms with Gasteiger partial charge in [-0.2, -0.15) is 0 Å². The number of sulfone groups is 1. The van der Waals surface area contributed by atoms with Crippen LogP contribution >= 0.6 is 11.6 Å². The molecule has 3 aromatic rings. The lowest BCUT2D eigenvalue weighted by atomic mass is 10.00. The van der Waals surface area contributed by atoms with Crippen LogP contribution in [-0.4, -0.2) is 57.8 Å². The monoisotopic (exact) mass is 461 g/mol. The van der Waals surface area contributed by atoms with Crippen molar-refractivity contribution in [2.75, 3.05) is 13.1 Å². The Morgan fingerprint density at radius 1 is 1.10 bits per heavy atom. The zero-order valence-corrected chi connectivity index (χ0v) is 18.7. The lowest BCUT2D eigenvalue weighted by Gasteiger charge is -2.35. The Hall–Kier alpha value is -2.33. The van der Waals surface area contributed by atoms with Crippen LogP contribution in [0.1, 0.15) is 35.8 Å². The molecular weight excluding hydrogens is 438 g/mol. The number of likely N-dealkylation sites (tertiary alicyclic amines) is 1. The number of aryl methyl sites for hydroxylation is 1. The van der Waals surface area contributed by atoms with Crippen LogP contribution < -0.4 is 0 Å². The molecule has 1 atom stereocenters. The zero-order valence-electron chi connectivity index (χ0n) is 17.1. The number of nitrogens with zero attached hydrogens (tertiary/aromatic N) is 5. The number of aliphatic hydroxyl groups excluding tert-OH is 1. The highest BCUT2D eigenvalue weighted by Gasteiger charge is 2.32. The van der Waals surface area contributed by atoms with Crippen molar-refractivity contribution in [2.24, 2.45) is 0 Å². The van der Waals surface area contributed by atoms with E-state index in [-0.39, 0.29) is 22.9 Å². The number of tetrazole rings is 1. The summed E-state index contributed by atoms with van der Waals surface area (Å²) in [6.07, 6.45) is 0.931. The molecule has 1 N–H and O–H groups in total. The molecule has 1 aliphatic heterocycles. The molecule has 0 bridgehead atoms. The van der Waals surface area contributed by atoms with Crippen molar-refractivity contribution in [2.45, 2.75) is 42.7 Å². The van der Waals surface area contributed by atoms with Crippen molar-refractivity contribution in [3.63, 3.8) is 0 Å². The molecule has 31 heavy (non-hydrogen) atoms. The second-order valence-electron chi connectivity index (χ2n) is 7.81. The van der Waals surface area contributed by atoms with E-state index in [1.165, 1.54) is 4.68 Å². The molecule has 0 amide bonds. The largest absolute Gasteiger partial charge is 0.393 e. The third kappa shape index (κ3) is 4.95. The van der Waals surface area contributed by atoms with Crippen molar-refractivity contribution < 1.29 is 13.5 Å². The van der Waals surface area contributed by atoms with E-state index >= 15 is 0 Å². The maximum Gasteiger partial charge on any atom is 0.198 e. The van der Waals surface area contributed by atoms with Crippen LogP contribution in [0.3, 0.4) is 0 Å². The van der Waals surface area contributed by atoms with E-state index in [1.54, 1.807) is 36.4 Å². The van der Waals surface area contributed by atoms with E-state index in [1.807, 2.05) is 19.1 Å². The summed E-state index contributed by atoms with van der Waals surface area (Å²) in [5.41, 5.74) is 1.89. The summed E-state index contributed by atoms with van der Waals surface area (Å²) in [5.74, 6) is 0.0771. The lowest BCUT2D eigenvalue weighted by molar-refractivity contribution is 0.0663. The van der Waals surface area contributed by atoms with Crippen molar-refractivity contribution in [3.05, 3.63) is 70.5 Å². The third-order valence-corrected chi connectivity index (χ3v) is 7.35. The first-order valence-electron chi connectivity index (χ1n) is 10.1. The molecule has 0 spiro atoms. The minimum atomic E-state index is -3.64. The summed E-state index contributed by atoms with van der Waals surface area (Å²) in [6, 6.07) is 13.7. The van der Waals surface area contributed by atoms with Crippen LogP contribution in [0.25, 0.3) is 0 Å². The summed E-state index contributed by atoms with van der Waals surface area (Å²) in [7, 11) is -3.64. The average molecular weight is 462 g/mol. The highest BCUT2D eigenvalue weighted by molar-refractivity contribution is 7.90. The summed E-state index contributed by atoms with van der Waals surface area (Å²) in [4.78, 5) is 2.39. The zero-order chi connectivity index (χ0) is 22.0. The van der Waals surface area contributed by atoms with Crippen LogP contribution in [0.4, 0.5) is 0 Å². The average Bonchev–Trinajstić information content (AvgIpc) is 3.18. The Morgan fingerprint density at radius 3 is 2.39 bits per heavy atom. The van der Waals surface area contributed by atoms with Crippen LogP contribution in [0.15, 0.2) is 53.4 Å². The van der Waals surface area contributed by atoms with Gasteiger partial charge in [-0.25, -0.2) is 13.1 Å². The number of aromatic nitrogens is 4. The molecule has 1 aromatic heterocycles. The molecule has 0 saturated carbocycles. The molecule has 2 aromatic carbocycles. The van der Waals surface area contributed by atoms with Crippen LogP contribution in [0.5, 0.6) is 0 Å². The molecule has 4 rings (SSSR count). The summed E-state index contributed by atoms with van der Waals surface area (Å²) < 4.78 is 27.4. The molecule has 1 fully saturated rings. The van der Waals surface area contributed by atoms with Crippen LogP contribution in [-0.2, 0) is 15.7 Å². The molecular formula is C21H24ClN5O3S. The smallest absolute Gasteiger partial charge is 0.198 e. The van der Waals surface area contributed by atoms with Gasteiger partial charge in [-0.1, -0.05) is 41.4 Å². The maximum atomic E-state index is 13.0. The highest BCUT2D eigenvalue weighted by Crippen LogP contribution is 2.31. The van der Waals surface area contributed by atoms with E-state index < -0.39 is 9.84 Å². The Labute approximate surface area is 186 Å². The van der Waals surface area contributed by atoms with Gasteiger partial charge in [0.25, 0.3) is 0 Å². The Morgan fingerprint density at radius 2 is 1.74 bits per heavy atom. The molecule has 0 radical (unpaired) electrons. The van der Waals surface area contributed by atoms with Gasteiger partial charge in [0.1, 0.15) is 0 Å². The molecule has 2 heterocycles. The standard InChI is InChI=1S/C21H24ClN5O3S/c1-15-2-8-19(9-3-15)31(29,30)14-27-21(23-24-25-27)20(16-4-6-17(22)7-5-16)26-12-10-18(28)11-13-26/h2-9,18,20,28H,10-14H2,1H3. The Balaban J connectivity index is 1.69. The molecule has 8 nitrogen and oxygen atoms in total. The topological polar surface area (TPSA) is 101 Å². The second kappa shape index (κ2) is 9.04. The van der Waals surface area contributed by atoms with E-state index in [4.69, 9.17) is 11.6 Å². The first-order valence-corrected chi connectivity index (χ1v) is 12.1. The Kier molecular flexibility index (Phi) is 6.38. The van der Waals surface area contributed by atoms with E-state index in [2.05, 4.69) is 20.4 Å². The predicted octanol–water partition coefficient (Wildman–Crippen LogP) is 2.61. The van der Waals surface area contributed by atoms with Crippen molar-refractivity contribution in [1.29, 1.82) is 0 Å². The molecule has 164 valence electrons. The van der Waals surface area contributed by atoms with Crippen molar-refractivity contribution in [3.8, 4) is 0 Å². The maximum absolute atomic E-state index is 13.0. The molecule has 1 aliphatic rings. The summed E-state index contributed by atoms with van der Waals surface area (Å²) in [5, 5.41) is 22.5. The fourth-order valence-electron chi connectivity index (χ4n) is 3.79. The van der Waals surface area contributed by atoms with Gasteiger partial charge in [-0.05, 0) is 60.0 Å². The van der Waals surface area contributed by atoms with Gasteiger partial charge >= 0.3 is 0 Å². The van der Waals surface area contributed by atoms with Gasteiger partial charge < -0.3 is 5.11 Å². The van der Waals surface area contributed by atoms with Gasteiger partial charge in [0.05, 0.1) is 17.0 Å². The second-order valence-corrected chi connectivity index (χ2v) is 10.2. The fourth-order valence-corrected chi connectivity index (χ4v) is 5.12. The number of rotatable bonds is 6. The highest BCUT2D eigenvalue weighted by atomic mass is 35.5. The SMILES string of the molecule is Cc1ccc(S(=O)(=O)Cn2nnnc2C(c2ccc(Cl)cc2)N2CCC(O)CC2)cc1. The van der Waals surface area contributed by atoms with Gasteiger partial charge in [0, 0.05) is 18.1 Å². The van der Waals surface area contributed by atoms with Crippen LogP contribution in [0, 0.1) is 6.92 Å². The summed E-state index contributed by atoms with van der Waals surface area (Å²) in [6.45, 7) is 3.19. The van der Waals surface area contributed by atoms with Gasteiger partial charge in [0.15, 0.2) is 21.5 Å². The minimum absolute atomic E-state index is 0.226. The number of hydrogen-bond acceptors (Lipinski definition) is 7. The molecule has 0 aliphatic carbocycles. The van der Waals surface area contributed by atoms with Crippen molar-refractivity contribution in [1.82, 2.24) is 25.1 Å². The van der Waals surface area contributed by atoms with Gasteiger partial charge in [-0.15, -0.1) is 5.10 Å². The van der Waals surface area contributed by atoms with E-state index in [0.29, 0.717) is 36.8 Å². The first-order chi connectivity index (χ1) is 14.8. The number of halogens is 1. The number of hydrogen-bond donors (Lipinski definition) is 1. The molecule has 1 saturated heterocycles. The quantitative estimate of drug-likeness (QED) is 0.602. The Bertz CT molecular complexity index is 1120. The third-order valence-electron chi connectivity index (χ3n) is 5.53. The number of benzene rings is 2. The molecule has 1 unspecified atom stereocenters. The first kappa shape index (κ1) is 21.9. The van der Waals surface area contributed by atoms with Crippen LogP contribution in [0.2, 0.25) is 5.02 Å². The van der Waals surface area contributed by atoms with E-state index in [9.17, 15) is 13.5 Å². The summed E-state index contributed by atoms with van der Waals surface area (Å²) >= 11 is 6.07. The number of aliphatic hydroxyl groups is 1. The number of piperidine rings is 1. The van der Waals surface area contributed by atoms with Gasteiger partial charge in [0.2, 0.25) is 0 Å². The van der Waals surface area contributed by atoms with Gasteiger partial charge in [-0.3, -0.25) is 4.90 Å². The predicted molar refractivity (Wildman–Crippen MR) is 116 cm³/mol. The van der Waals surface area contributed by atoms with E-state index in [0.717, 1.165) is 11.1 Å². The van der Waals surface area contributed by atoms with Crippen molar-refractivity contribution >= 4 is 21.4 Å². The fraction of sp³-hybridized carbons (Fsp3) is 0.381. The molecule has 10 heteroatoms. The minimum Gasteiger partial charge on any atom is -0.393 e. The normalized spacial score (nSPS) is 17.0.